The number of hydrogen-bond acceptors (Lipinski definition) is 6. The topological polar surface area (TPSA) is 71.1 Å². The standard InChI is InChI=1S/C42H58O6/c1-5-9-33-13-17-35(18-14-33)11-7-29-45-39-25-21-37(22-26-39)41(43)47-31(3)32(4)48-42(44)38-23-27-40(28-24-38)46-30-8-12-36-19-15-34(10-6-2)16-20-36/h7-8,11-12,21-28,31-36H,5-6,9-10,13-20,29-30H2,1-4H3/t31-,32-,33-,34-,35-,36-/m1/s1. The molecule has 262 valence electrons. The Bertz CT molecular complexity index is 1180. The van der Waals surface area contributed by atoms with Crippen LogP contribution in [-0.4, -0.2) is 37.4 Å². The van der Waals surface area contributed by atoms with Gasteiger partial charge < -0.3 is 18.9 Å². The summed E-state index contributed by atoms with van der Waals surface area (Å²) in [6.45, 7) is 9.00. The van der Waals surface area contributed by atoms with Gasteiger partial charge in [-0.1, -0.05) is 63.8 Å². The molecule has 48 heavy (non-hydrogen) atoms. The van der Waals surface area contributed by atoms with Crippen molar-refractivity contribution in [2.24, 2.45) is 23.7 Å². The molecule has 6 nitrogen and oxygen atoms in total. The average Bonchev–Trinajstić information content (AvgIpc) is 3.10. The molecule has 2 aromatic rings. The lowest BCUT2D eigenvalue weighted by Gasteiger charge is -2.26. The first-order valence-corrected chi connectivity index (χ1v) is 18.6. The first-order chi connectivity index (χ1) is 23.3. The largest absolute Gasteiger partial charge is 0.490 e. The summed E-state index contributed by atoms with van der Waals surface area (Å²) in [5.74, 6) is 3.58. The molecule has 0 bridgehead atoms. The maximum Gasteiger partial charge on any atom is 0.338 e. The fourth-order valence-corrected chi connectivity index (χ4v) is 6.98. The molecule has 6 heteroatoms. The van der Waals surface area contributed by atoms with Crippen molar-refractivity contribution in [1.82, 2.24) is 0 Å². The number of benzene rings is 2. The lowest BCUT2D eigenvalue weighted by molar-refractivity contribution is -0.0239. The minimum atomic E-state index is -0.629. The van der Waals surface area contributed by atoms with Gasteiger partial charge in [0.05, 0.1) is 11.1 Å². The number of hydrogen-bond donors (Lipinski definition) is 0. The minimum Gasteiger partial charge on any atom is -0.490 e. The summed E-state index contributed by atoms with van der Waals surface area (Å²) < 4.78 is 22.9. The molecule has 2 aliphatic carbocycles. The predicted molar refractivity (Wildman–Crippen MR) is 193 cm³/mol. The number of esters is 2. The second kappa shape index (κ2) is 20.1. The van der Waals surface area contributed by atoms with E-state index in [1.54, 1.807) is 62.4 Å². The molecule has 0 heterocycles. The number of ether oxygens (including phenoxy) is 4. The molecule has 0 unspecified atom stereocenters. The molecular formula is C42H58O6. The zero-order valence-electron chi connectivity index (χ0n) is 29.7. The zero-order valence-corrected chi connectivity index (χ0v) is 29.7. The van der Waals surface area contributed by atoms with Crippen LogP contribution in [0.25, 0.3) is 0 Å². The van der Waals surface area contributed by atoms with E-state index in [9.17, 15) is 9.59 Å². The van der Waals surface area contributed by atoms with Crippen molar-refractivity contribution in [2.45, 2.75) is 117 Å². The second-order valence-corrected chi connectivity index (χ2v) is 13.9. The third-order valence-corrected chi connectivity index (χ3v) is 10.1. The first kappa shape index (κ1) is 37.3. The van der Waals surface area contributed by atoms with E-state index in [-0.39, 0.29) is 0 Å². The zero-order chi connectivity index (χ0) is 34.1. The van der Waals surface area contributed by atoms with Crippen LogP contribution in [0.1, 0.15) is 125 Å². The summed E-state index contributed by atoms with van der Waals surface area (Å²) in [4.78, 5) is 25.5. The fourth-order valence-electron chi connectivity index (χ4n) is 6.98. The maximum absolute atomic E-state index is 12.8. The molecule has 2 fully saturated rings. The van der Waals surface area contributed by atoms with E-state index in [0.29, 0.717) is 47.7 Å². The second-order valence-electron chi connectivity index (χ2n) is 13.9. The van der Waals surface area contributed by atoms with Crippen molar-refractivity contribution >= 4 is 11.9 Å². The van der Waals surface area contributed by atoms with Gasteiger partial charge in [-0.25, -0.2) is 9.59 Å². The normalized spacial score (nSPS) is 22.7. The molecule has 2 aliphatic rings. The Morgan fingerprint density at radius 1 is 0.604 bits per heavy atom. The van der Waals surface area contributed by atoms with Gasteiger partial charge in [0.25, 0.3) is 0 Å². The highest BCUT2D eigenvalue weighted by molar-refractivity contribution is 5.90. The van der Waals surface area contributed by atoms with Gasteiger partial charge in [-0.3, -0.25) is 0 Å². The molecule has 2 atom stereocenters. The third kappa shape index (κ3) is 12.5. The van der Waals surface area contributed by atoms with Crippen molar-refractivity contribution in [1.29, 1.82) is 0 Å². The molecule has 2 aromatic carbocycles. The molecular weight excluding hydrogens is 600 g/mol. The summed E-state index contributed by atoms with van der Waals surface area (Å²) in [6.07, 6.45) is 23.3. The number of rotatable bonds is 17. The van der Waals surface area contributed by atoms with Gasteiger partial charge in [-0.15, -0.1) is 0 Å². The summed E-state index contributed by atoms with van der Waals surface area (Å²) in [5.41, 5.74) is 0.828. The molecule has 2 saturated carbocycles. The van der Waals surface area contributed by atoms with Crippen molar-refractivity contribution in [3.63, 3.8) is 0 Å². The number of carbonyl (C=O) groups excluding carboxylic acids is 2. The van der Waals surface area contributed by atoms with Gasteiger partial charge >= 0.3 is 11.9 Å². The van der Waals surface area contributed by atoms with Crippen LogP contribution in [0, 0.1) is 23.7 Å². The monoisotopic (exact) mass is 658 g/mol. The van der Waals surface area contributed by atoms with Crippen molar-refractivity contribution in [3.05, 3.63) is 84.0 Å². The first-order valence-electron chi connectivity index (χ1n) is 18.6. The lowest BCUT2D eigenvalue weighted by Crippen LogP contribution is -2.30. The molecule has 0 aromatic heterocycles. The van der Waals surface area contributed by atoms with E-state index >= 15 is 0 Å². The van der Waals surface area contributed by atoms with Crippen molar-refractivity contribution in [2.75, 3.05) is 13.2 Å². The molecule has 0 radical (unpaired) electrons. The summed E-state index contributed by atoms with van der Waals surface area (Å²) in [7, 11) is 0. The smallest absolute Gasteiger partial charge is 0.338 e. The van der Waals surface area contributed by atoms with Crippen LogP contribution in [0.5, 0.6) is 11.5 Å². The van der Waals surface area contributed by atoms with E-state index in [4.69, 9.17) is 18.9 Å². The Balaban J connectivity index is 1.12. The summed E-state index contributed by atoms with van der Waals surface area (Å²) in [6, 6.07) is 13.9. The Hall–Kier alpha value is -3.54. The number of allylic oxidation sites excluding steroid dienone is 2. The van der Waals surface area contributed by atoms with Crippen LogP contribution in [0.2, 0.25) is 0 Å². The van der Waals surface area contributed by atoms with Crippen LogP contribution < -0.4 is 9.47 Å². The van der Waals surface area contributed by atoms with E-state index in [1.807, 2.05) is 0 Å². The molecule has 0 amide bonds. The Morgan fingerprint density at radius 2 is 0.958 bits per heavy atom. The van der Waals surface area contributed by atoms with Gasteiger partial charge in [0, 0.05) is 0 Å². The van der Waals surface area contributed by atoms with Crippen LogP contribution in [-0.2, 0) is 9.47 Å². The van der Waals surface area contributed by atoms with Crippen LogP contribution >= 0.6 is 0 Å². The average molecular weight is 659 g/mol. The van der Waals surface area contributed by atoms with Crippen LogP contribution in [0.4, 0.5) is 0 Å². The minimum absolute atomic E-state index is 0.414. The number of carbonyl (C=O) groups is 2. The van der Waals surface area contributed by atoms with E-state index in [0.717, 1.165) is 11.8 Å². The van der Waals surface area contributed by atoms with Crippen LogP contribution in [0.15, 0.2) is 72.8 Å². The van der Waals surface area contributed by atoms with Gasteiger partial charge in [0.15, 0.2) is 0 Å². The van der Waals surface area contributed by atoms with Crippen molar-refractivity contribution < 1.29 is 28.5 Å². The maximum atomic E-state index is 12.8. The highest BCUT2D eigenvalue weighted by atomic mass is 16.6. The predicted octanol–water partition coefficient (Wildman–Crippen LogP) is 10.6. The van der Waals surface area contributed by atoms with E-state index in [2.05, 4.69) is 38.2 Å². The molecule has 4 rings (SSSR count). The molecule has 0 saturated heterocycles. The molecule has 0 N–H and O–H groups in total. The molecule has 0 spiro atoms. The fraction of sp³-hybridized carbons (Fsp3) is 0.571. The summed E-state index contributed by atoms with van der Waals surface area (Å²) >= 11 is 0. The summed E-state index contributed by atoms with van der Waals surface area (Å²) in [5, 5.41) is 0. The Kier molecular flexibility index (Phi) is 15.6. The van der Waals surface area contributed by atoms with E-state index < -0.39 is 24.1 Å². The van der Waals surface area contributed by atoms with E-state index in [1.165, 1.54) is 77.0 Å². The van der Waals surface area contributed by atoms with Crippen LogP contribution in [0.3, 0.4) is 0 Å². The lowest BCUT2D eigenvalue weighted by atomic mass is 9.80. The Labute approximate surface area is 289 Å². The Morgan fingerprint density at radius 3 is 1.29 bits per heavy atom. The van der Waals surface area contributed by atoms with Gasteiger partial charge in [-0.2, -0.15) is 0 Å². The molecule has 0 aliphatic heterocycles. The third-order valence-electron chi connectivity index (χ3n) is 10.1. The van der Waals surface area contributed by atoms with Crippen molar-refractivity contribution in [3.8, 4) is 11.5 Å². The van der Waals surface area contributed by atoms with Gasteiger partial charge in [-0.05, 0) is 137 Å². The highest BCUT2D eigenvalue weighted by Gasteiger charge is 2.23. The quantitative estimate of drug-likeness (QED) is 0.124. The van der Waals surface area contributed by atoms with Gasteiger partial charge in [0.2, 0.25) is 0 Å². The van der Waals surface area contributed by atoms with Gasteiger partial charge in [0.1, 0.15) is 36.9 Å². The SMILES string of the molecule is CCC[C@H]1CC[C@H](C=CCOc2ccc(C(=O)O[C@H](C)[C@@H](C)OC(=O)c3ccc(OCC=C[C@H]4CC[C@H](CCC)CC4)cc3)cc2)CC1. The highest BCUT2D eigenvalue weighted by Crippen LogP contribution is 2.33.